The van der Waals surface area contributed by atoms with Gasteiger partial charge < -0.3 is 0 Å². The molecule has 0 heterocycles. The van der Waals surface area contributed by atoms with Crippen molar-refractivity contribution in [2.45, 2.75) is 25.7 Å². The zero-order chi connectivity index (χ0) is 10.1. The van der Waals surface area contributed by atoms with Gasteiger partial charge in [0.2, 0.25) is 0 Å². The van der Waals surface area contributed by atoms with Gasteiger partial charge in [-0.1, -0.05) is 0 Å². The Morgan fingerprint density at radius 1 is 1.21 bits per heavy atom. The van der Waals surface area contributed by atoms with E-state index < -0.39 is 0 Å². The van der Waals surface area contributed by atoms with Gasteiger partial charge in [0.25, 0.3) is 5.69 Å². The molecule has 0 spiro atoms. The average molecular weight is 303 g/mol. The quantitative estimate of drug-likeness (QED) is 0.454. The van der Waals surface area contributed by atoms with Crippen molar-refractivity contribution >= 4 is 28.3 Å². The van der Waals surface area contributed by atoms with Crippen molar-refractivity contribution in [3.63, 3.8) is 0 Å². The lowest BCUT2D eigenvalue weighted by Crippen LogP contribution is -2.04. The maximum absolute atomic E-state index is 10.7. The van der Waals surface area contributed by atoms with Gasteiger partial charge in [0, 0.05) is 6.07 Å². The molecule has 1 aromatic rings. The van der Waals surface area contributed by atoms with Crippen molar-refractivity contribution in [1.82, 2.24) is 0 Å². The smallest absolute Gasteiger partial charge is 0.258 e. The van der Waals surface area contributed by atoms with Gasteiger partial charge in [-0.3, -0.25) is 10.1 Å². The van der Waals surface area contributed by atoms with Crippen molar-refractivity contribution in [3.05, 3.63) is 36.9 Å². The largest absolute Gasteiger partial charge is 0.282 e. The van der Waals surface area contributed by atoms with Crippen LogP contribution in [0.15, 0.2) is 12.1 Å². The monoisotopic (exact) mass is 303 g/mol. The first-order valence-electron chi connectivity index (χ1n) is 4.64. The maximum Gasteiger partial charge on any atom is 0.282 e. The van der Waals surface area contributed by atoms with Crippen molar-refractivity contribution < 1.29 is 4.92 Å². The molecule has 0 atom stereocenters. The highest BCUT2D eigenvalue weighted by Crippen LogP contribution is 2.29. The highest BCUT2D eigenvalue weighted by atomic mass is 127. The minimum Gasteiger partial charge on any atom is -0.258 e. The Morgan fingerprint density at radius 2 is 1.79 bits per heavy atom. The van der Waals surface area contributed by atoms with Crippen LogP contribution in [-0.2, 0) is 12.8 Å². The Hall–Kier alpha value is -0.650. The zero-order valence-electron chi connectivity index (χ0n) is 7.62. The van der Waals surface area contributed by atoms with Crippen molar-refractivity contribution in [3.8, 4) is 0 Å². The molecule has 0 radical (unpaired) electrons. The fourth-order valence-electron chi connectivity index (χ4n) is 1.88. The molecule has 1 aliphatic rings. The number of hydrogen-bond donors (Lipinski definition) is 0. The Bertz CT molecular complexity index is 390. The molecular weight excluding hydrogens is 293 g/mol. The van der Waals surface area contributed by atoms with Gasteiger partial charge in [-0.15, -0.1) is 0 Å². The van der Waals surface area contributed by atoms with Gasteiger partial charge in [0.15, 0.2) is 0 Å². The van der Waals surface area contributed by atoms with Gasteiger partial charge in [-0.25, -0.2) is 0 Å². The second-order valence-corrected chi connectivity index (χ2v) is 4.70. The molecule has 0 N–H and O–H groups in total. The fourth-order valence-corrected chi connectivity index (χ4v) is 2.61. The van der Waals surface area contributed by atoms with Crippen LogP contribution < -0.4 is 0 Å². The summed E-state index contributed by atoms with van der Waals surface area (Å²) >= 11 is 2.04. The number of nitro benzene ring substituents is 1. The van der Waals surface area contributed by atoms with Gasteiger partial charge in [-0.05, 0) is 65.5 Å². The molecule has 0 saturated carbocycles. The van der Waals surface area contributed by atoms with Crippen LogP contribution in [0.25, 0.3) is 0 Å². The molecule has 0 bridgehead atoms. The van der Waals surface area contributed by atoms with Crippen LogP contribution in [0.5, 0.6) is 0 Å². The second-order valence-electron chi connectivity index (χ2n) is 3.54. The van der Waals surface area contributed by atoms with E-state index in [4.69, 9.17) is 0 Å². The maximum atomic E-state index is 10.7. The van der Waals surface area contributed by atoms with E-state index >= 15 is 0 Å². The standard InChI is InChI=1S/C10H10INO2/c11-9-5-7-3-1-2-4-8(7)6-10(9)12(13)14/h5-6H,1-4H2. The van der Waals surface area contributed by atoms with Gasteiger partial charge in [-0.2, -0.15) is 0 Å². The van der Waals surface area contributed by atoms with E-state index in [1.807, 2.05) is 28.7 Å². The normalized spacial score (nSPS) is 14.9. The van der Waals surface area contributed by atoms with Crippen LogP contribution in [-0.4, -0.2) is 4.92 Å². The number of halogens is 1. The van der Waals surface area contributed by atoms with Gasteiger partial charge >= 0.3 is 0 Å². The van der Waals surface area contributed by atoms with Crippen molar-refractivity contribution in [2.75, 3.05) is 0 Å². The summed E-state index contributed by atoms with van der Waals surface area (Å²) in [6.45, 7) is 0. The number of hydrogen-bond acceptors (Lipinski definition) is 2. The van der Waals surface area contributed by atoms with E-state index in [2.05, 4.69) is 0 Å². The third kappa shape index (κ3) is 1.75. The average Bonchev–Trinajstić information content (AvgIpc) is 2.16. The first-order valence-corrected chi connectivity index (χ1v) is 5.72. The molecule has 1 aliphatic carbocycles. The Kier molecular flexibility index (Phi) is 2.71. The number of rotatable bonds is 1. The van der Waals surface area contributed by atoms with E-state index in [1.54, 1.807) is 6.07 Å². The molecule has 0 saturated heterocycles. The molecule has 74 valence electrons. The van der Waals surface area contributed by atoms with Crippen LogP contribution in [0.4, 0.5) is 5.69 Å². The zero-order valence-corrected chi connectivity index (χ0v) is 9.78. The molecule has 0 amide bonds. The Morgan fingerprint density at radius 3 is 2.36 bits per heavy atom. The summed E-state index contributed by atoms with van der Waals surface area (Å²) in [5, 5.41) is 10.7. The fraction of sp³-hybridized carbons (Fsp3) is 0.400. The van der Waals surface area contributed by atoms with Crippen LogP contribution in [0.2, 0.25) is 0 Å². The highest BCUT2D eigenvalue weighted by Gasteiger charge is 2.17. The minimum absolute atomic E-state index is 0.256. The number of nitrogens with zero attached hydrogens (tertiary/aromatic N) is 1. The predicted octanol–water partition coefficient (Wildman–Crippen LogP) is 3.08. The Labute approximate surface area is 95.8 Å². The molecule has 1 aromatic carbocycles. The molecule has 0 aliphatic heterocycles. The molecular formula is C10H10INO2. The summed E-state index contributed by atoms with van der Waals surface area (Å²) in [6.07, 6.45) is 4.43. The van der Waals surface area contributed by atoms with E-state index in [0.717, 1.165) is 22.8 Å². The number of benzene rings is 1. The molecule has 14 heavy (non-hydrogen) atoms. The lowest BCUT2D eigenvalue weighted by Gasteiger charge is -2.15. The van der Waals surface area contributed by atoms with E-state index in [1.165, 1.54) is 17.5 Å². The highest BCUT2D eigenvalue weighted by molar-refractivity contribution is 14.1. The molecule has 2 rings (SSSR count). The van der Waals surface area contributed by atoms with Gasteiger partial charge in [0.05, 0.1) is 8.49 Å². The van der Waals surface area contributed by atoms with Crippen LogP contribution in [0.3, 0.4) is 0 Å². The second kappa shape index (κ2) is 3.84. The van der Waals surface area contributed by atoms with E-state index in [0.29, 0.717) is 0 Å². The van der Waals surface area contributed by atoms with Crippen molar-refractivity contribution in [1.29, 1.82) is 0 Å². The van der Waals surface area contributed by atoms with Crippen LogP contribution in [0.1, 0.15) is 24.0 Å². The van der Waals surface area contributed by atoms with Crippen LogP contribution >= 0.6 is 22.6 Å². The molecule has 0 unspecified atom stereocenters. The summed E-state index contributed by atoms with van der Waals surface area (Å²) in [5.74, 6) is 0. The lowest BCUT2D eigenvalue weighted by atomic mass is 9.91. The number of nitro groups is 1. The first-order chi connectivity index (χ1) is 6.68. The van der Waals surface area contributed by atoms with E-state index in [-0.39, 0.29) is 10.6 Å². The SMILES string of the molecule is O=[N+]([O-])c1cc2c(cc1I)CCCC2. The predicted molar refractivity (Wildman–Crippen MR) is 62.5 cm³/mol. The summed E-state index contributed by atoms with van der Waals surface area (Å²) in [7, 11) is 0. The summed E-state index contributed by atoms with van der Waals surface area (Å²) in [5.41, 5.74) is 2.72. The number of aryl methyl sites for hydroxylation is 2. The molecule has 0 fully saturated rings. The summed E-state index contributed by atoms with van der Waals surface area (Å²) in [6, 6.07) is 3.71. The van der Waals surface area contributed by atoms with Gasteiger partial charge in [0.1, 0.15) is 0 Å². The third-order valence-electron chi connectivity index (χ3n) is 2.61. The molecule has 3 nitrogen and oxygen atoms in total. The third-order valence-corrected chi connectivity index (χ3v) is 3.47. The van der Waals surface area contributed by atoms with Crippen molar-refractivity contribution in [2.24, 2.45) is 0 Å². The van der Waals surface area contributed by atoms with Crippen LogP contribution in [0, 0.1) is 13.7 Å². The molecule has 4 heteroatoms. The minimum atomic E-state index is -0.295. The number of fused-ring (bicyclic) bond motifs is 1. The summed E-state index contributed by atoms with van der Waals surface area (Å²) < 4.78 is 0.758. The van der Waals surface area contributed by atoms with E-state index in [9.17, 15) is 10.1 Å². The topological polar surface area (TPSA) is 43.1 Å². The Balaban J connectivity index is 2.50. The first kappa shape index (κ1) is 9.89. The summed E-state index contributed by atoms with van der Waals surface area (Å²) in [4.78, 5) is 10.4. The lowest BCUT2D eigenvalue weighted by molar-refractivity contribution is -0.385. The molecule has 0 aromatic heterocycles.